The number of hydrogen-bond donors (Lipinski definition) is 1. The fourth-order valence-electron chi connectivity index (χ4n) is 7.77. The van der Waals surface area contributed by atoms with E-state index in [9.17, 15) is 24.3 Å². The van der Waals surface area contributed by atoms with E-state index < -0.39 is 45.2 Å². The number of ether oxygens (including phenoxy) is 1. The van der Waals surface area contributed by atoms with Crippen LogP contribution < -0.4 is 4.74 Å². The second-order valence-electron chi connectivity index (χ2n) is 11.4. The molecule has 2 heterocycles. The zero-order chi connectivity index (χ0) is 28.7. The zero-order valence-electron chi connectivity index (χ0n) is 21.7. The third-order valence-electron chi connectivity index (χ3n) is 9.59. The SMILES string of the molecule is COc1cc(C2C3=CCC4C(=O)N(C5CCCCC5)C(=O)C4C3CC3(Cl)C(=O)N(CBr)C(=O)C23Cl)cc(Br)c1O. The topological polar surface area (TPSA) is 104 Å². The molecule has 0 radical (unpaired) electrons. The summed E-state index contributed by atoms with van der Waals surface area (Å²) in [7, 11) is 1.40. The van der Waals surface area contributed by atoms with Gasteiger partial charge in [0, 0.05) is 12.0 Å². The van der Waals surface area contributed by atoms with Gasteiger partial charge >= 0.3 is 0 Å². The molecule has 2 saturated heterocycles. The van der Waals surface area contributed by atoms with E-state index in [1.165, 1.54) is 12.0 Å². The molecule has 2 aliphatic heterocycles. The molecule has 214 valence electrons. The molecular formula is C28H28Br2Cl2N2O6. The van der Waals surface area contributed by atoms with E-state index in [-0.39, 0.29) is 41.2 Å². The standard InChI is InChI=1S/C28H28Br2Cl2N2O6/c1-40-19-10-13(9-18(30)22(19)35)21-15-7-8-16-20(24(37)34(23(16)36)14-5-3-2-4-6-14)17(15)11-27(31)25(38)33(12-29)26(39)28(21,27)32/h7,9-10,14,16-17,20-21,35H,2-6,8,11-12H2,1H3. The number of hydrogen-bond acceptors (Lipinski definition) is 6. The van der Waals surface area contributed by atoms with Crippen LogP contribution in [-0.4, -0.2) is 66.9 Å². The molecule has 4 fully saturated rings. The molecule has 12 heteroatoms. The van der Waals surface area contributed by atoms with Crippen LogP contribution in [0, 0.1) is 17.8 Å². The molecule has 3 aliphatic carbocycles. The number of phenolic OH excluding ortho intramolecular Hbond substituents is 1. The Labute approximate surface area is 258 Å². The molecule has 4 amide bonds. The molecule has 0 bridgehead atoms. The van der Waals surface area contributed by atoms with Gasteiger partial charge in [-0.3, -0.25) is 29.0 Å². The number of carbonyl (C=O) groups excluding carboxylic acids is 4. The number of benzene rings is 1. The number of carbonyl (C=O) groups is 4. The second kappa shape index (κ2) is 9.99. The number of phenols is 1. The lowest BCUT2D eigenvalue weighted by Crippen LogP contribution is -2.60. The van der Waals surface area contributed by atoms with Crippen LogP contribution in [0.3, 0.4) is 0 Å². The maximum absolute atomic E-state index is 14.1. The van der Waals surface area contributed by atoms with Gasteiger partial charge in [0.2, 0.25) is 11.8 Å². The van der Waals surface area contributed by atoms with Crippen LogP contribution in [0.15, 0.2) is 28.3 Å². The van der Waals surface area contributed by atoms with Gasteiger partial charge in [-0.1, -0.05) is 46.8 Å². The second-order valence-corrected chi connectivity index (χ2v) is 14.0. The lowest BCUT2D eigenvalue weighted by atomic mass is 9.56. The summed E-state index contributed by atoms with van der Waals surface area (Å²) in [6.07, 6.45) is 6.81. The predicted molar refractivity (Wildman–Crippen MR) is 154 cm³/mol. The van der Waals surface area contributed by atoms with E-state index in [0.717, 1.165) is 37.0 Å². The number of halogens is 4. The minimum Gasteiger partial charge on any atom is -0.503 e. The highest BCUT2D eigenvalue weighted by molar-refractivity contribution is 9.10. The minimum absolute atomic E-state index is 0.0520. The van der Waals surface area contributed by atoms with Crippen molar-refractivity contribution in [1.82, 2.24) is 9.80 Å². The molecule has 1 aromatic rings. The van der Waals surface area contributed by atoms with Crippen LogP contribution in [0.1, 0.15) is 56.4 Å². The van der Waals surface area contributed by atoms with Crippen LogP contribution in [-0.2, 0) is 19.2 Å². The average Bonchev–Trinajstić information content (AvgIpc) is 3.28. The van der Waals surface area contributed by atoms with Crippen molar-refractivity contribution in [2.45, 2.75) is 66.7 Å². The van der Waals surface area contributed by atoms with Gasteiger partial charge in [0.1, 0.15) is 0 Å². The fourth-order valence-corrected chi connectivity index (χ4v) is 9.65. The molecule has 6 unspecified atom stereocenters. The average molecular weight is 719 g/mol. The number of aromatic hydroxyl groups is 1. The summed E-state index contributed by atoms with van der Waals surface area (Å²) >= 11 is 21.1. The van der Waals surface area contributed by atoms with Crippen molar-refractivity contribution in [3.05, 3.63) is 33.8 Å². The van der Waals surface area contributed by atoms with Gasteiger partial charge in [0.15, 0.2) is 21.2 Å². The molecular weight excluding hydrogens is 691 g/mol. The molecule has 0 spiro atoms. The number of imide groups is 2. The highest BCUT2D eigenvalue weighted by Gasteiger charge is 2.76. The number of likely N-dealkylation sites (tertiary alicyclic amines) is 2. The van der Waals surface area contributed by atoms with E-state index in [2.05, 4.69) is 31.9 Å². The summed E-state index contributed by atoms with van der Waals surface area (Å²) < 4.78 is 5.69. The highest BCUT2D eigenvalue weighted by atomic mass is 79.9. The smallest absolute Gasteiger partial charge is 0.254 e. The number of allylic oxidation sites excluding steroid dienone is 2. The summed E-state index contributed by atoms with van der Waals surface area (Å²) in [6.45, 7) is 0. The Morgan fingerprint density at radius 3 is 2.40 bits per heavy atom. The third kappa shape index (κ3) is 3.67. The molecule has 1 N–H and O–H groups in total. The van der Waals surface area contributed by atoms with Gasteiger partial charge in [0.25, 0.3) is 11.8 Å². The number of nitrogens with zero attached hydrogens (tertiary/aromatic N) is 2. The molecule has 0 aromatic heterocycles. The highest BCUT2D eigenvalue weighted by Crippen LogP contribution is 2.66. The number of alkyl halides is 3. The first kappa shape index (κ1) is 28.5. The normalized spacial score (nSPS) is 36.0. The van der Waals surface area contributed by atoms with Gasteiger partial charge in [-0.2, -0.15) is 0 Å². The van der Waals surface area contributed by atoms with E-state index in [1.807, 2.05) is 6.08 Å². The maximum atomic E-state index is 14.1. The fraction of sp³-hybridized carbons (Fsp3) is 0.571. The van der Waals surface area contributed by atoms with Crippen molar-refractivity contribution < 1.29 is 29.0 Å². The predicted octanol–water partition coefficient (Wildman–Crippen LogP) is 5.21. The first-order chi connectivity index (χ1) is 19.0. The number of rotatable bonds is 4. The Kier molecular flexibility index (Phi) is 7.12. The Hall–Kier alpha value is -1.62. The van der Waals surface area contributed by atoms with E-state index in [4.69, 9.17) is 27.9 Å². The monoisotopic (exact) mass is 716 g/mol. The molecule has 6 atom stereocenters. The number of fused-ring (bicyclic) bond motifs is 4. The molecule has 2 saturated carbocycles. The Morgan fingerprint density at radius 1 is 1.05 bits per heavy atom. The summed E-state index contributed by atoms with van der Waals surface area (Å²) in [6, 6.07) is 3.09. The molecule has 5 aliphatic rings. The Morgan fingerprint density at radius 2 is 1.75 bits per heavy atom. The van der Waals surface area contributed by atoms with Gasteiger partial charge < -0.3 is 9.84 Å². The van der Waals surface area contributed by atoms with Crippen LogP contribution >= 0.6 is 55.1 Å². The Balaban J connectivity index is 1.52. The Bertz CT molecular complexity index is 1370. The van der Waals surface area contributed by atoms with Crippen LogP contribution in [0.5, 0.6) is 11.5 Å². The maximum Gasteiger partial charge on any atom is 0.254 e. The van der Waals surface area contributed by atoms with Gasteiger partial charge in [0.05, 0.1) is 28.9 Å². The van der Waals surface area contributed by atoms with Crippen molar-refractivity contribution in [1.29, 1.82) is 0 Å². The van der Waals surface area contributed by atoms with Crippen molar-refractivity contribution in [2.75, 3.05) is 12.6 Å². The van der Waals surface area contributed by atoms with Crippen LogP contribution in [0.25, 0.3) is 0 Å². The quantitative estimate of drug-likeness (QED) is 0.199. The van der Waals surface area contributed by atoms with E-state index in [0.29, 0.717) is 22.0 Å². The lowest BCUT2D eigenvalue weighted by molar-refractivity contribution is -0.144. The zero-order valence-corrected chi connectivity index (χ0v) is 26.4. The van der Waals surface area contributed by atoms with Crippen molar-refractivity contribution >= 4 is 78.7 Å². The first-order valence-electron chi connectivity index (χ1n) is 13.4. The molecule has 8 nitrogen and oxygen atoms in total. The van der Waals surface area contributed by atoms with E-state index >= 15 is 0 Å². The third-order valence-corrected chi connectivity index (χ3v) is 12.1. The molecule has 1 aromatic carbocycles. The summed E-state index contributed by atoms with van der Waals surface area (Å²) in [4.78, 5) is 54.1. The van der Waals surface area contributed by atoms with Gasteiger partial charge in [-0.05, 0) is 65.2 Å². The van der Waals surface area contributed by atoms with E-state index in [1.54, 1.807) is 12.1 Å². The van der Waals surface area contributed by atoms with Gasteiger partial charge in [-0.15, -0.1) is 23.2 Å². The lowest BCUT2D eigenvalue weighted by Gasteiger charge is -2.50. The summed E-state index contributed by atoms with van der Waals surface area (Å²) in [5.74, 6) is -4.40. The minimum atomic E-state index is -1.91. The van der Waals surface area contributed by atoms with Crippen molar-refractivity contribution in [3.8, 4) is 11.5 Å². The number of amides is 4. The van der Waals surface area contributed by atoms with Crippen molar-refractivity contribution in [2.24, 2.45) is 17.8 Å². The summed E-state index contributed by atoms with van der Waals surface area (Å²) in [5, 5.41) is 10.5. The van der Waals surface area contributed by atoms with Crippen LogP contribution in [0.4, 0.5) is 0 Å². The molecule has 40 heavy (non-hydrogen) atoms. The molecule has 6 rings (SSSR count). The number of methoxy groups -OCH3 is 1. The largest absolute Gasteiger partial charge is 0.503 e. The summed E-state index contributed by atoms with van der Waals surface area (Å²) in [5.41, 5.74) is 1.11. The first-order valence-corrected chi connectivity index (χ1v) is 16.1. The van der Waals surface area contributed by atoms with Gasteiger partial charge in [-0.25, -0.2) is 0 Å². The van der Waals surface area contributed by atoms with Crippen LogP contribution in [0.2, 0.25) is 0 Å². The van der Waals surface area contributed by atoms with Crippen molar-refractivity contribution in [3.63, 3.8) is 0 Å².